The Morgan fingerprint density at radius 3 is 2.71 bits per heavy atom. The highest BCUT2D eigenvalue weighted by Gasteiger charge is 2.08. The number of carbonyl (C=O) groups excluding carboxylic acids is 2. The van der Waals surface area contributed by atoms with Crippen molar-refractivity contribution in [2.45, 2.75) is 12.8 Å². The van der Waals surface area contributed by atoms with Crippen molar-refractivity contribution >= 4 is 17.7 Å². The summed E-state index contributed by atoms with van der Waals surface area (Å²) in [6.07, 6.45) is 1.32. The minimum atomic E-state index is -1.22. The van der Waals surface area contributed by atoms with Crippen molar-refractivity contribution in [2.24, 2.45) is 0 Å². The standard InChI is InChI=1S/C9H10N2O3/c12-8(4-5-9(13)14)11-7-3-1-2-6-10-7/h1-3,6H,4-5H2,(H,13,14)(H,10,11,12). The molecule has 0 saturated carbocycles. The molecule has 0 bridgehead atoms. The molecule has 0 aliphatic carbocycles. The number of rotatable bonds is 4. The number of carboxylic acids is 1. The fourth-order valence-electron chi connectivity index (χ4n) is 0.899. The average Bonchev–Trinajstić information content (AvgIpc) is 2.16. The third kappa shape index (κ3) is 3.66. The number of carboxylic acid groups (broad SMARTS) is 1. The van der Waals surface area contributed by atoms with Crippen molar-refractivity contribution in [1.29, 1.82) is 0 Å². The van der Waals surface area contributed by atoms with Gasteiger partial charge in [-0.05, 0) is 12.5 Å². The minimum absolute atomic E-state index is 0.0783. The van der Waals surface area contributed by atoms with Crippen LogP contribution >= 0.6 is 0 Å². The zero-order valence-electron chi connectivity index (χ0n) is 7.45. The van der Waals surface area contributed by atoms with Crippen LogP contribution in [0, 0.1) is 0 Å². The zero-order chi connectivity index (χ0) is 10.4. The second-order valence-corrected chi connectivity index (χ2v) is 2.70. The van der Waals surface area contributed by atoms with Crippen LogP contribution in [0.5, 0.6) is 0 Å². The Hall–Kier alpha value is -1.91. The second kappa shape index (κ2) is 4.96. The third-order valence-corrected chi connectivity index (χ3v) is 1.54. The lowest BCUT2D eigenvalue weighted by Gasteiger charge is -1.98. The fraction of sp³-hybridized carbons (Fsp3) is 0.222. The van der Waals surface area contributed by atoms with Crippen LogP contribution in [0.3, 0.4) is 0 Å². The summed E-state index contributed by atoms with van der Waals surface area (Å²) in [5.41, 5.74) is 0. The number of carbonyl (C=O) groups is 2. The SMILES string of the molecule is O=C([O-])CCC(=O)Nc1cccc[nH+]1. The van der Waals surface area contributed by atoms with Gasteiger partial charge in [0.15, 0.2) is 0 Å². The Labute approximate surface area is 80.8 Å². The summed E-state index contributed by atoms with van der Waals surface area (Å²) in [5.74, 6) is -1.04. The summed E-state index contributed by atoms with van der Waals surface area (Å²) in [6, 6.07) is 5.21. The number of hydrogen-bond donors (Lipinski definition) is 1. The summed E-state index contributed by atoms with van der Waals surface area (Å²) < 4.78 is 0. The average molecular weight is 194 g/mol. The van der Waals surface area contributed by atoms with E-state index in [4.69, 9.17) is 0 Å². The molecule has 2 N–H and O–H groups in total. The maximum atomic E-state index is 11.1. The van der Waals surface area contributed by atoms with Gasteiger partial charge in [-0.3, -0.25) is 0 Å². The molecular formula is C9H10N2O3. The number of aromatic nitrogens is 1. The van der Waals surface area contributed by atoms with Gasteiger partial charge in [0.25, 0.3) is 5.82 Å². The van der Waals surface area contributed by atoms with Gasteiger partial charge < -0.3 is 9.90 Å². The molecule has 1 heterocycles. The van der Waals surface area contributed by atoms with Crippen LogP contribution < -0.4 is 15.4 Å². The van der Waals surface area contributed by atoms with Gasteiger partial charge in [-0.25, -0.2) is 15.1 Å². The van der Waals surface area contributed by atoms with Gasteiger partial charge in [0.2, 0.25) is 0 Å². The highest BCUT2D eigenvalue weighted by Crippen LogP contribution is 1.97. The summed E-state index contributed by atoms with van der Waals surface area (Å²) in [7, 11) is 0. The number of aromatic amines is 1. The van der Waals surface area contributed by atoms with Crippen molar-refractivity contribution < 1.29 is 19.7 Å². The minimum Gasteiger partial charge on any atom is -0.550 e. The lowest BCUT2D eigenvalue weighted by atomic mass is 10.3. The monoisotopic (exact) mass is 194 g/mol. The predicted octanol–water partition coefficient (Wildman–Crippen LogP) is -1.03. The topological polar surface area (TPSA) is 83.4 Å². The zero-order valence-corrected chi connectivity index (χ0v) is 7.45. The van der Waals surface area contributed by atoms with E-state index in [0.717, 1.165) is 0 Å². The summed E-state index contributed by atoms with van der Waals surface area (Å²) in [4.78, 5) is 23.9. The van der Waals surface area contributed by atoms with E-state index in [-0.39, 0.29) is 18.7 Å². The molecule has 1 aromatic heterocycles. The van der Waals surface area contributed by atoms with Gasteiger partial charge in [0.1, 0.15) is 0 Å². The molecule has 0 aromatic carbocycles. The first-order valence-corrected chi connectivity index (χ1v) is 4.15. The molecule has 0 unspecified atom stereocenters. The lowest BCUT2D eigenvalue weighted by Crippen LogP contribution is -2.25. The third-order valence-electron chi connectivity index (χ3n) is 1.54. The Kier molecular flexibility index (Phi) is 3.60. The predicted molar refractivity (Wildman–Crippen MR) is 45.9 cm³/mol. The maximum Gasteiger partial charge on any atom is 0.307 e. The molecule has 0 spiro atoms. The van der Waals surface area contributed by atoms with Crippen LogP contribution in [-0.4, -0.2) is 11.9 Å². The highest BCUT2D eigenvalue weighted by molar-refractivity contribution is 5.90. The fourth-order valence-corrected chi connectivity index (χ4v) is 0.899. The molecule has 5 nitrogen and oxygen atoms in total. The number of pyridine rings is 1. The van der Waals surface area contributed by atoms with Crippen molar-refractivity contribution in [3.63, 3.8) is 0 Å². The number of nitrogens with one attached hydrogen (secondary N) is 2. The van der Waals surface area contributed by atoms with Crippen LogP contribution in [-0.2, 0) is 9.59 Å². The molecule has 0 aliphatic heterocycles. The quantitative estimate of drug-likeness (QED) is 0.665. The van der Waals surface area contributed by atoms with E-state index in [2.05, 4.69) is 10.3 Å². The maximum absolute atomic E-state index is 11.1. The Morgan fingerprint density at radius 2 is 2.14 bits per heavy atom. The van der Waals surface area contributed by atoms with Crippen molar-refractivity contribution in [1.82, 2.24) is 0 Å². The lowest BCUT2D eigenvalue weighted by molar-refractivity contribution is -0.360. The molecular weight excluding hydrogens is 184 g/mol. The van der Waals surface area contributed by atoms with E-state index in [9.17, 15) is 14.7 Å². The number of hydrogen-bond acceptors (Lipinski definition) is 3. The van der Waals surface area contributed by atoms with Gasteiger partial charge in [0, 0.05) is 12.0 Å². The van der Waals surface area contributed by atoms with Crippen LogP contribution in [0.1, 0.15) is 12.8 Å². The molecule has 0 radical (unpaired) electrons. The molecule has 0 aliphatic rings. The first kappa shape index (κ1) is 10.2. The van der Waals surface area contributed by atoms with E-state index in [1.807, 2.05) is 0 Å². The first-order valence-electron chi connectivity index (χ1n) is 4.15. The van der Waals surface area contributed by atoms with Crippen molar-refractivity contribution in [3.05, 3.63) is 24.4 Å². The van der Waals surface area contributed by atoms with Gasteiger partial charge in [-0.1, -0.05) is 6.07 Å². The molecule has 1 aromatic rings. The second-order valence-electron chi connectivity index (χ2n) is 2.70. The number of H-pyrrole nitrogens is 1. The smallest absolute Gasteiger partial charge is 0.307 e. The van der Waals surface area contributed by atoms with Crippen molar-refractivity contribution in [2.75, 3.05) is 5.32 Å². The first-order chi connectivity index (χ1) is 6.68. The number of aliphatic carboxylic acids is 1. The van der Waals surface area contributed by atoms with Crippen molar-refractivity contribution in [3.8, 4) is 0 Å². The van der Waals surface area contributed by atoms with E-state index < -0.39 is 5.97 Å². The van der Waals surface area contributed by atoms with Gasteiger partial charge in [-0.15, -0.1) is 0 Å². The molecule has 74 valence electrons. The Balaban J connectivity index is 2.38. The van der Waals surface area contributed by atoms with Crippen LogP contribution in [0.2, 0.25) is 0 Å². The highest BCUT2D eigenvalue weighted by atomic mass is 16.4. The molecule has 0 atom stereocenters. The van der Waals surface area contributed by atoms with E-state index in [1.165, 1.54) is 0 Å². The normalized spacial score (nSPS) is 9.43. The van der Waals surface area contributed by atoms with Gasteiger partial charge in [-0.2, -0.15) is 0 Å². The Bertz CT molecular complexity index is 324. The summed E-state index contributed by atoms with van der Waals surface area (Å²) >= 11 is 0. The number of amides is 1. The van der Waals surface area contributed by atoms with Crippen LogP contribution in [0.4, 0.5) is 5.82 Å². The molecule has 1 amide bonds. The summed E-state index contributed by atoms with van der Waals surface area (Å²) in [6.45, 7) is 0. The van der Waals surface area contributed by atoms with Gasteiger partial charge in [0.05, 0.1) is 12.6 Å². The molecule has 0 fully saturated rings. The molecule has 1 rings (SSSR count). The van der Waals surface area contributed by atoms with E-state index in [1.54, 1.807) is 24.4 Å². The Morgan fingerprint density at radius 1 is 1.36 bits per heavy atom. The molecule has 5 heteroatoms. The number of anilines is 1. The van der Waals surface area contributed by atoms with Gasteiger partial charge >= 0.3 is 5.91 Å². The van der Waals surface area contributed by atoms with E-state index in [0.29, 0.717) is 5.82 Å². The van der Waals surface area contributed by atoms with E-state index >= 15 is 0 Å². The summed E-state index contributed by atoms with van der Waals surface area (Å²) in [5, 5.41) is 12.6. The largest absolute Gasteiger partial charge is 0.550 e. The molecule has 14 heavy (non-hydrogen) atoms. The van der Waals surface area contributed by atoms with Crippen LogP contribution in [0.15, 0.2) is 24.4 Å². The van der Waals surface area contributed by atoms with Crippen LogP contribution in [0.25, 0.3) is 0 Å². The molecule has 0 saturated heterocycles.